The van der Waals surface area contributed by atoms with Crippen molar-refractivity contribution in [3.05, 3.63) is 46.1 Å². The average Bonchev–Trinajstić information content (AvgIpc) is 3.08. The molecule has 2 aromatic rings. The lowest BCUT2D eigenvalue weighted by Gasteiger charge is -2.24. The van der Waals surface area contributed by atoms with E-state index < -0.39 is 0 Å². The molecule has 2 aliphatic carbocycles. The highest BCUT2D eigenvalue weighted by atomic mass is 35.5. The van der Waals surface area contributed by atoms with Gasteiger partial charge in [0, 0.05) is 28.5 Å². The molecule has 0 spiro atoms. The van der Waals surface area contributed by atoms with Gasteiger partial charge >= 0.3 is 0 Å². The van der Waals surface area contributed by atoms with Gasteiger partial charge in [-0.3, -0.25) is 4.79 Å². The van der Waals surface area contributed by atoms with Gasteiger partial charge < -0.3 is 15.4 Å². The first-order valence-corrected chi connectivity index (χ1v) is 12.2. The van der Waals surface area contributed by atoms with E-state index in [9.17, 15) is 4.79 Å². The summed E-state index contributed by atoms with van der Waals surface area (Å²) < 4.78 is 2.27. The fraction of sp³-hybridized carbons (Fsp3) is 0.577. The number of primary amides is 1. The molecule has 31 heavy (non-hydrogen) atoms. The van der Waals surface area contributed by atoms with Gasteiger partial charge in [-0.15, -0.1) is 0 Å². The maximum Gasteiger partial charge on any atom is 0.250 e. The van der Waals surface area contributed by atoms with Crippen molar-refractivity contribution in [3.63, 3.8) is 0 Å². The summed E-state index contributed by atoms with van der Waals surface area (Å²) in [5.74, 6) is 0.305. The minimum Gasteiger partial charge on any atom is -0.393 e. The van der Waals surface area contributed by atoms with Gasteiger partial charge in [0.15, 0.2) is 0 Å². The topological polar surface area (TPSA) is 68.2 Å². The lowest BCUT2D eigenvalue weighted by atomic mass is 9.89. The predicted molar refractivity (Wildman–Crippen MR) is 129 cm³/mol. The van der Waals surface area contributed by atoms with Gasteiger partial charge in [0.05, 0.1) is 11.7 Å². The lowest BCUT2D eigenvalue weighted by molar-refractivity contribution is 0.0999. The third-order valence-electron chi connectivity index (χ3n) is 6.85. The Balaban J connectivity index is 0.000000330. The Labute approximate surface area is 191 Å². The van der Waals surface area contributed by atoms with Crippen LogP contribution in [0.2, 0.25) is 5.02 Å². The molecule has 4 nitrogen and oxygen atoms in total. The first-order chi connectivity index (χ1) is 14.9. The molecule has 0 aliphatic heterocycles. The SMILES string of the molecule is Cc1ccc(Cl)cc1-c1cc(C(N)=O)c(C)n1CC1CCCCC1.OC1CCCCC1. The van der Waals surface area contributed by atoms with Crippen molar-refractivity contribution in [3.8, 4) is 11.3 Å². The first-order valence-electron chi connectivity index (χ1n) is 11.8. The molecule has 0 bridgehead atoms. The van der Waals surface area contributed by atoms with Crippen LogP contribution >= 0.6 is 11.6 Å². The molecule has 0 atom stereocenters. The Morgan fingerprint density at radius 1 is 1.03 bits per heavy atom. The van der Waals surface area contributed by atoms with E-state index in [1.165, 1.54) is 51.4 Å². The molecular weight excluding hydrogens is 408 g/mol. The number of hydrogen-bond acceptors (Lipinski definition) is 2. The van der Waals surface area contributed by atoms with Crippen LogP contribution < -0.4 is 5.73 Å². The van der Waals surface area contributed by atoms with Crippen LogP contribution in [0.25, 0.3) is 11.3 Å². The lowest BCUT2D eigenvalue weighted by Crippen LogP contribution is -2.17. The number of aliphatic hydroxyl groups is 1. The van der Waals surface area contributed by atoms with Gasteiger partial charge in [0.1, 0.15) is 0 Å². The molecule has 2 saturated carbocycles. The predicted octanol–water partition coefficient (Wildman–Crippen LogP) is 6.42. The molecule has 0 radical (unpaired) electrons. The van der Waals surface area contributed by atoms with Gasteiger partial charge in [-0.25, -0.2) is 0 Å². The van der Waals surface area contributed by atoms with Crippen LogP contribution in [0.3, 0.4) is 0 Å². The molecule has 1 amide bonds. The van der Waals surface area contributed by atoms with Gasteiger partial charge in [0.2, 0.25) is 0 Å². The maximum absolute atomic E-state index is 11.8. The monoisotopic (exact) mass is 444 g/mol. The number of halogens is 1. The van der Waals surface area contributed by atoms with Crippen molar-refractivity contribution in [2.75, 3.05) is 0 Å². The minimum atomic E-state index is -0.365. The highest BCUT2D eigenvalue weighted by Crippen LogP contribution is 2.33. The van der Waals surface area contributed by atoms with Crippen LogP contribution in [0.4, 0.5) is 0 Å². The Hall–Kier alpha value is -1.78. The van der Waals surface area contributed by atoms with Gasteiger partial charge in [-0.05, 0) is 69.2 Å². The summed E-state index contributed by atoms with van der Waals surface area (Å²) in [4.78, 5) is 11.8. The van der Waals surface area contributed by atoms with Crippen molar-refractivity contribution in [2.45, 2.75) is 90.7 Å². The number of carbonyl (C=O) groups is 1. The van der Waals surface area contributed by atoms with E-state index in [0.717, 1.165) is 41.9 Å². The van der Waals surface area contributed by atoms with Crippen LogP contribution in [0, 0.1) is 19.8 Å². The van der Waals surface area contributed by atoms with Crippen LogP contribution in [-0.2, 0) is 6.54 Å². The van der Waals surface area contributed by atoms with Crippen LogP contribution in [-0.4, -0.2) is 21.7 Å². The Morgan fingerprint density at radius 3 is 2.19 bits per heavy atom. The quantitative estimate of drug-likeness (QED) is 0.571. The van der Waals surface area contributed by atoms with Crippen LogP contribution in [0.1, 0.15) is 85.8 Å². The molecule has 3 N–H and O–H groups in total. The Kier molecular flexibility index (Phi) is 8.62. The van der Waals surface area contributed by atoms with E-state index in [2.05, 4.69) is 11.5 Å². The molecular formula is C26H37ClN2O2. The fourth-order valence-corrected chi connectivity index (χ4v) is 5.10. The number of carbonyl (C=O) groups excluding carboxylic acids is 1. The fourth-order valence-electron chi connectivity index (χ4n) is 4.93. The molecule has 5 heteroatoms. The van der Waals surface area contributed by atoms with Crippen LogP contribution in [0.15, 0.2) is 24.3 Å². The van der Waals surface area contributed by atoms with Gasteiger partial charge in [-0.1, -0.05) is 56.2 Å². The van der Waals surface area contributed by atoms with Gasteiger partial charge in [0.25, 0.3) is 5.91 Å². The van der Waals surface area contributed by atoms with E-state index in [-0.39, 0.29) is 12.0 Å². The smallest absolute Gasteiger partial charge is 0.250 e. The van der Waals surface area contributed by atoms with Crippen molar-refractivity contribution < 1.29 is 9.90 Å². The molecule has 1 heterocycles. The van der Waals surface area contributed by atoms with Crippen molar-refractivity contribution in [1.29, 1.82) is 0 Å². The molecule has 1 aromatic carbocycles. The summed E-state index contributed by atoms with van der Waals surface area (Å²) in [5.41, 5.74) is 10.4. The Bertz CT molecular complexity index is 878. The zero-order valence-corrected chi connectivity index (χ0v) is 19.8. The van der Waals surface area contributed by atoms with Crippen molar-refractivity contribution >= 4 is 17.5 Å². The Morgan fingerprint density at radius 2 is 1.65 bits per heavy atom. The van der Waals surface area contributed by atoms with Crippen molar-refractivity contribution in [2.24, 2.45) is 11.7 Å². The average molecular weight is 445 g/mol. The van der Waals surface area contributed by atoms with E-state index in [4.69, 9.17) is 22.4 Å². The summed E-state index contributed by atoms with van der Waals surface area (Å²) in [6, 6.07) is 7.83. The van der Waals surface area contributed by atoms with E-state index in [1.54, 1.807) is 0 Å². The number of nitrogens with two attached hydrogens (primary N) is 1. The van der Waals surface area contributed by atoms with Crippen molar-refractivity contribution in [1.82, 2.24) is 4.57 Å². The molecule has 170 valence electrons. The normalized spacial score (nSPS) is 17.8. The molecule has 2 aliphatic rings. The summed E-state index contributed by atoms with van der Waals surface area (Å²) in [6.07, 6.45) is 12.4. The summed E-state index contributed by atoms with van der Waals surface area (Å²) in [6.45, 7) is 5.01. The number of rotatable bonds is 4. The highest BCUT2D eigenvalue weighted by Gasteiger charge is 2.21. The summed E-state index contributed by atoms with van der Waals surface area (Å²) in [5, 5.41) is 9.62. The van der Waals surface area contributed by atoms with E-state index in [1.807, 2.05) is 31.2 Å². The molecule has 4 rings (SSSR count). The second-order valence-electron chi connectivity index (χ2n) is 9.26. The minimum absolute atomic E-state index is 0.0359. The number of hydrogen-bond donors (Lipinski definition) is 2. The zero-order chi connectivity index (χ0) is 22.4. The second kappa shape index (κ2) is 11.2. The zero-order valence-electron chi connectivity index (χ0n) is 19.0. The molecule has 0 unspecified atom stereocenters. The molecule has 1 aromatic heterocycles. The number of amides is 1. The number of benzene rings is 1. The maximum atomic E-state index is 11.8. The number of aryl methyl sites for hydroxylation is 1. The largest absolute Gasteiger partial charge is 0.393 e. The second-order valence-corrected chi connectivity index (χ2v) is 9.70. The van der Waals surface area contributed by atoms with E-state index in [0.29, 0.717) is 16.5 Å². The first kappa shape index (κ1) is 23.9. The summed E-state index contributed by atoms with van der Waals surface area (Å²) in [7, 11) is 0. The molecule has 2 fully saturated rings. The highest BCUT2D eigenvalue weighted by molar-refractivity contribution is 6.30. The number of aliphatic hydroxyl groups excluding tert-OH is 1. The molecule has 0 saturated heterocycles. The summed E-state index contributed by atoms with van der Waals surface area (Å²) >= 11 is 6.22. The third kappa shape index (κ3) is 6.36. The third-order valence-corrected chi connectivity index (χ3v) is 7.08. The van der Waals surface area contributed by atoms with Crippen LogP contribution in [0.5, 0.6) is 0 Å². The number of aromatic nitrogens is 1. The van der Waals surface area contributed by atoms with E-state index >= 15 is 0 Å². The van der Waals surface area contributed by atoms with Gasteiger partial charge in [-0.2, -0.15) is 0 Å². The standard InChI is InChI=1S/C20H25ClN2O.C6H12O/c1-13-8-9-16(21)10-17(13)19-11-18(20(22)24)14(2)23(19)12-15-6-4-3-5-7-15;7-6-4-2-1-3-5-6/h8-11,15H,3-7,12H2,1-2H3,(H2,22,24);6-7H,1-5H2. The number of nitrogens with zero attached hydrogens (tertiary/aromatic N) is 1.